The number of aromatic amines is 1. The molecule has 0 saturated carbocycles. The summed E-state index contributed by atoms with van der Waals surface area (Å²) < 4.78 is 4.51. The fourth-order valence-corrected chi connectivity index (χ4v) is 2.11. The highest BCUT2D eigenvalue weighted by Crippen LogP contribution is 2.18. The number of halogens is 1. The monoisotopic (exact) mass is 331 g/mol. The van der Waals surface area contributed by atoms with Crippen LogP contribution in [0.2, 0.25) is 0 Å². The van der Waals surface area contributed by atoms with E-state index in [1.165, 1.54) is 7.11 Å². The second-order valence-corrected chi connectivity index (χ2v) is 4.63. The van der Waals surface area contributed by atoms with Crippen LogP contribution < -0.4 is 5.32 Å². The van der Waals surface area contributed by atoms with Crippen molar-refractivity contribution in [2.24, 2.45) is 0 Å². The topological polar surface area (TPSA) is 84.1 Å². The first kappa shape index (κ1) is 16.5. The predicted octanol–water partition coefficient (Wildman–Crippen LogP) is 3.39. The van der Waals surface area contributed by atoms with E-state index in [-0.39, 0.29) is 24.1 Å². The summed E-state index contributed by atoms with van der Waals surface area (Å²) in [7, 11) is 1.27. The zero-order valence-corrected chi connectivity index (χ0v) is 13.0. The summed E-state index contributed by atoms with van der Waals surface area (Å²) in [5, 5.41) is 2.45. The van der Waals surface area contributed by atoms with Gasteiger partial charge in [-0.25, -0.2) is 9.78 Å². The van der Waals surface area contributed by atoms with Crippen molar-refractivity contribution in [1.29, 1.82) is 0 Å². The van der Waals surface area contributed by atoms with Gasteiger partial charge in [-0.2, -0.15) is 0 Å². The van der Waals surface area contributed by atoms with Gasteiger partial charge in [-0.1, -0.05) is 30.3 Å². The lowest BCUT2D eigenvalue weighted by Gasteiger charge is -2.00. The summed E-state index contributed by atoms with van der Waals surface area (Å²) >= 11 is 0. The quantitative estimate of drug-likeness (QED) is 0.720. The van der Waals surface area contributed by atoms with Crippen LogP contribution in [0.5, 0.6) is 0 Å². The molecule has 6 nitrogen and oxygen atoms in total. The summed E-state index contributed by atoms with van der Waals surface area (Å²) in [6.07, 6.45) is -0.611. The van der Waals surface area contributed by atoms with E-state index in [9.17, 15) is 9.59 Å². The molecule has 3 rings (SSSR count). The fraction of sp³-hybridized carbons (Fsp3) is 0.0625. The first-order valence-corrected chi connectivity index (χ1v) is 6.62. The molecule has 7 heteroatoms. The maximum Gasteiger partial charge on any atom is 0.413 e. The number of aromatic nitrogens is 2. The number of hydrogen-bond donors (Lipinski definition) is 2. The SMILES string of the molecule is COC(=O)Nc1nc2cc(C(=O)c3ccccc3)ccc2[nH]1.Cl. The molecule has 1 heterocycles. The van der Waals surface area contributed by atoms with Gasteiger partial charge in [0.25, 0.3) is 0 Å². The number of H-pyrrole nitrogens is 1. The number of imidazole rings is 1. The minimum absolute atomic E-state index is 0. The van der Waals surface area contributed by atoms with Gasteiger partial charge in [0.15, 0.2) is 5.78 Å². The van der Waals surface area contributed by atoms with E-state index in [0.717, 1.165) is 5.52 Å². The average molecular weight is 332 g/mol. The number of amides is 1. The van der Waals surface area contributed by atoms with Crippen LogP contribution in [0.1, 0.15) is 15.9 Å². The molecule has 0 atom stereocenters. The molecule has 1 aromatic heterocycles. The van der Waals surface area contributed by atoms with Crippen LogP contribution in [-0.2, 0) is 4.74 Å². The lowest BCUT2D eigenvalue weighted by molar-refractivity contribution is 0.103. The van der Waals surface area contributed by atoms with Crippen molar-refractivity contribution in [2.75, 3.05) is 12.4 Å². The molecule has 23 heavy (non-hydrogen) atoms. The lowest BCUT2D eigenvalue weighted by atomic mass is 10.0. The minimum Gasteiger partial charge on any atom is -0.453 e. The third-order valence-corrected chi connectivity index (χ3v) is 3.19. The third-order valence-electron chi connectivity index (χ3n) is 3.19. The van der Waals surface area contributed by atoms with Gasteiger partial charge in [0.1, 0.15) is 0 Å². The number of carbonyl (C=O) groups excluding carboxylic acids is 2. The van der Waals surface area contributed by atoms with E-state index in [2.05, 4.69) is 20.0 Å². The zero-order chi connectivity index (χ0) is 15.5. The van der Waals surface area contributed by atoms with Crippen molar-refractivity contribution >= 4 is 41.3 Å². The Morgan fingerprint density at radius 1 is 1.09 bits per heavy atom. The number of fused-ring (bicyclic) bond motifs is 1. The van der Waals surface area contributed by atoms with Crippen LogP contribution in [0.4, 0.5) is 10.7 Å². The molecule has 2 aromatic carbocycles. The van der Waals surface area contributed by atoms with Crippen molar-refractivity contribution in [3.8, 4) is 0 Å². The molecular formula is C16H14ClN3O3. The summed E-state index contributed by atoms with van der Waals surface area (Å²) in [5.74, 6) is 0.194. The molecule has 3 aromatic rings. The molecular weight excluding hydrogens is 318 g/mol. The Bertz CT molecular complexity index is 846. The van der Waals surface area contributed by atoms with Gasteiger partial charge in [0.05, 0.1) is 18.1 Å². The van der Waals surface area contributed by atoms with Crippen LogP contribution in [0.25, 0.3) is 11.0 Å². The van der Waals surface area contributed by atoms with E-state index in [4.69, 9.17) is 0 Å². The van der Waals surface area contributed by atoms with E-state index in [1.807, 2.05) is 18.2 Å². The van der Waals surface area contributed by atoms with Gasteiger partial charge in [-0.15, -0.1) is 12.4 Å². The van der Waals surface area contributed by atoms with Crippen molar-refractivity contribution in [3.05, 3.63) is 59.7 Å². The Kier molecular flexibility index (Phi) is 4.98. The number of ether oxygens (including phenoxy) is 1. The van der Waals surface area contributed by atoms with Gasteiger partial charge in [0, 0.05) is 11.1 Å². The summed E-state index contributed by atoms with van der Waals surface area (Å²) in [6.45, 7) is 0. The minimum atomic E-state index is -0.611. The maximum absolute atomic E-state index is 12.4. The number of ketones is 1. The number of anilines is 1. The Morgan fingerprint density at radius 3 is 2.52 bits per heavy atom. The molecule has 0 spiro atoms. The second-order valence-electron chi connectivity index (χ2n) is 4.63. The van der Waals surface area contributed by atoms with Crippen LogP contribution in [0.3, 0.4) is 0 Å². The van der Waals surface area contributed by atoms with Crippen LogP contribution in [0.15, 0.2) is 48.5 Å². The molecule has 1 amide bonds. The Morgan fingerprint density at radius 2 is 1.83 bits per heavy atom. The van der Waals surface area contributed by atoms with Gasteiger partial charge in [-0.3, -0.25) is 10.1 Å². The molecule has 0 bridgehead atoms. The van der Waals surface area contributed by atoms with Crippen molar-refractivity contribution in [3.63, 3.8) is 0 Å². The number of nitrogens with zero attached hydrogens (tertiary/aromatic N) is 1. The second kappa shape index (κ2) is 6.93. The number of benzene rings is 2. The third kappa shape index (κ3) is 3.49. The van der Waals surface area contributed by atoms with E-state index >= 15 is 0 Å². The van der Waals surface area contributed by atoms with Crippen LogP contribution >= 0.6 is 12.4 Å². The largest absolute Gasteiger partial charge is 0.453 e. The Balaban J connectivity index is 0.00000192. The lowest BCUT2D eigenvalue weighted by Crippen LogP contribution is -2.11. The standard InChI is InChI=1S/C16H13N3O3.ClH/c1-22-16(21)19-15-17-12-8-7-11(9-13(12)18-15)14(20)10-5-3-2-4-6-10;/h2-9H,1H3,(H2,17,18,19,21);1H. The number of carbonyl (C=O) groups is 2. The van der Waals surface area contributed by atoms with Gasteiger partial charge in [-0.05, 0) is 18.2 Å². The molecule has 0 unspecified atom stereocenters. The summed E-state index contributed by atoms with van der Waals surface area (Å²) in [5.41, 5.74) is 2.46. The molecule has 0 radical (unpaired) electrons. The van der Waals surface area contributed by atoms with E-state index in [0.29, 0.717) is 16.6 Å². The highest BCUT2D eigenvalue weighted by Gasteiger charge is 2.12. The normalized spacial score (nSPS) is 9.96. The van der Waals surface area contributed by atoms with Crippen LogP contribution in [-0.4, -0.2) is 29.0 Å². The number of nitrogens with one attached hydrogen (secondary N) is 2. The molecule has 0 saturated heterocycles. The van der Waals surface area contributed by atoms with E-state index < -0.39 is 6.09 Å². The van der Waals surface area contributed by atoms with Gasteiger partial charge < -0.3 is 9.72 Å². The molecule has 2 N–H and O–H groups in total. The van der Waals surface area contributed by atoms with Crippen molar-refractivity contribution in [1.82, 2.24) is 9.97 Å². The predicted molar refractivity (Wildman–Crippen MR) is 89.2 cm³/mol. The number of methoxy groups -OCH3 is 1. The molecule has 0 fully saturated rings. The molecule has 0 aliphatic heterocycles. The highest BCUT2D eigenvalue weighted by atomic mass is 35.5. The first-order valence-electron chi connectivity index (χ1n) is 6.62. The maximum atomic E-state index is 12.4. The average Bonchev–Trinajstić information content (AvgIpc) is 2.96. The number of hydrogen-bond acceptors (Lipinski definition) is 4. The fourth-order valence-electron chi connectivity index (χ4n) is 2.11. The zero-order valence-electron chi connectivity index (χ0n) is 12.2. The molecule has 0 aliphatic rings. The Labute approximate surface area is 138 Å². The summed E-state index contributed by atoms with van der Waals surface area (Å²) in [6, 6.07) is 14.2. The van der Waals surface area contributed by atoms with Crippen molar-refractivity contribution < 1.29 is 14.3 Å². The number of rotatable bonds is 3. The van der Waals surface area contributed by atoms with Crippen LogP contribution in [0, 0.1) is 0 Å². The smallest absolute Gasteiger partial charge is 0.413 e. The summed E-state index contributed by atoms with van der Waals surface area (Å²) in [4.78, 5) is 30.7. The van der Waals surface area contributed by atoms with E-state index in [1.54, 1.807) is 30.3 Å². The Hall–Kier alpha value is -2.86. The highest BCUT2D eigenvalue weighted by molar-refractivity contribution is 6.10. The van der Waals surface area contributed by atoms with Gasteiger partial charge >= 0.3 is 6.09 Å². The van der Waals surface area contributed by atoms with Gasteiger partial charge in [0.2, 0.25) is 5.95 Å². The first-order chi connectivity index (χ1) is 10.7. The molecule has 0 aliphatic carbocycles. The van der Waals surface area contributed by atoms with Crippen molar-refractivity contribution in [2.45, 2.75) is 0 Å². The molecule has 118 valence electrons.